The molecule has 0 spiro atoms. The summed E-state index contributed by atoms with van der Waals surface area (Å²) in [6.07, 6.45) is 123. The van der Waals surface area contributed by atoms with Crippen LogP contribution in [0, 0.1) is 0 Å². The number of allylic oxidation sites excluding steroid dienone is 38. The second-order valence-corrected chi connectivity index (χ2v) is 22.1. The summed E-state index contributed by atoms with van der Waals surface area (Å²) >= 11 is 0. The van der Waals surface area contributed by atoms with E-state index in [1.54, 1.807) is 0 Å². The molecule has 0 saturated carbocycles. The van der Waals surface area contributed by atoms with Crippen LogP contribution in [0.1, 0.15) is 258 Å². The van der Waals surface area contributed by atoms with Crippen molar-refractivity contribution in [2.45, 2.75) is 264 Å². The molecule has 1 N–H and O–H groups in total. The lowest BCUT2D eigenvalue weighted by Crippen LogP contribution is -2.28. The fraction of sp³-hybridized carbons (Fsp3) is 0.518. The first-order valence-electron chi connectivity index (χ1n) is 34.9. The molecule has 1 atom stereocenters. The van der Waals surface area contributed by atoms with Crippen molar-refractivity contribution in [3.63, 3.8) is 0 Å². The van der Waals surface area contributed by atoms with Gasteiger partial charge < -0.3 is 14.6 Å². The van der Waals surface area contributed by atoms with Gasteiger partial charge in [-0.3, -0.25) is 9.59 Å². The average molecular weight is 1200 g/mol. The van der Waals surface area contributed by atoms with Gasteiger partial charge in [0.2, 0.25) is 0 Å². The fourth-order valence-electron chi connectivity index (χ4n) is 8.81. The predicted molar refractivity (Wildman–Crippen MR) is 388 cm³/mol. The zero-order valence-electron chi connectivity index (χ0n) is 55.9. The summed E-state index contributed by atoms with van der Waals surface area (Å²) in [5.41, 5.74) is 0. The standard InChI is InChI=1S/C83H126O5/c1-3-5-7-9-11-13-15-17-19-21-23-25-27-29-31-33-35-37-38-39-40-41-42-43-44-46-48-50-52-54-56-58-60-62-64-66-68-70-72-74-76-78-83(86)88-81(79-84)80-87-82(85)77-75-73-71-69-67-65-63-61-59-57-55-53-51-49-47-45-36-34-32-30-28-26-24-22-20-18-16-14-12-10-8-6-4-2/h5-8,11-14,17-20,23-26,29-32,35-37,39-40,42-43,45-46,48-49,51-52,54-55,57,61,63,81,84H,3-4,9-10,15-16,21-22,27-28,33-34,38,41,44,47,50,53,56,58-60,62,64-80H2,1-2H3/b7-5-,8-6-,13-11-,14-12-,19-17-,20-18-,25-23-,26-24-,31-29-,32-30-,37-35-,40-39-,43-42-,45-36-,48-46-,51-49-,54-52-,57-55-,63-61-. The third-order valence-electron chi connectivity index (χ3n) is 14.0. The lowest BCUT2D eigenvalue weighted by atomic mass is 10.0. The summed E-state index contributed by atoms with van der Waals surface area (Å²) < 4.78 is 10.7. The van der Waals surface area contributed by atoms with Crippen LogP contribution in [-0.2, 0) is 19.1 Å². The molecule has 0 radical (unpaired) electrons. The van der Waals surface area contributed by atoms with Crippen molar-refractivity contribution in [1.29, 1.82) is 0 Å². The van der Waals surface area contributed by atoms with Crippen LogP contribution in [0.3, 0.4) is 0 Å². The first-order chi connectivity index (χ1) is 43.6. The number of carbonyl (C=O) groups is 2. The van der Waals surface area contributed by atoms with E-state index in [1.807, 2.05) is 0 Å². The Morgan fingerprint density at radius 1 is 0.261 bits per heavy atom. The molecule has 0 saturated heterocycles. The van der Waals surface area contributed by atoms with Crippen LogP contribution in [-0.4, -0.2) is 36.4 Å². The molecular formula is C83H126O5. The second kappa shape index (κ2) is 75.2. The quantitative estimate of drug-likeness (QED) is 0.0373. The predicted octanol–water partition coefficient (Wildman–Crippen LogP) is 24.9. The van der Waals surface area contributed by atoms with Crippen LogP contribution in [0.4, 0.5) is 0 Å². The number of aliphatic hydroxyl groups is 1. The molecule has 0 rings (SSSR count). The molecule has 5 nitrogen and oxygen atoms in total. The van der Waals surface area contributed by atoms with Gasteiger partial charge >= 0.3 is 11.9 Å². The zero-order valence-corrected chi connectivity index (χ0v) is 55.9. The summed E-state index contributed by atoms with van der Waals surface area (Å²) in [5, 5.41) is 9.70. The van der Waals surface area contributed by atoms with Crippen LogP contribution in [0.2, 0.25) is 0 Å². The van der Waals surface area contributed by atoms with Crippen molar-refractivity contribution >= 4 is 11.9 Å². The lowest BCUT2D eigenvalue weighted by Gasteiger charge is -2.15. The van der Waals surface area contributed by atoms with Gasteiger partial charge in [-0.15, -0.1) is 0 Å². The zero-order chi connectivity index (χ0) is 63.3. The van der Waals surface area contributed by atoms with Gasteiger partial charge in [-0.25, -0.2) is 0 Å². The number of hydrogen-bond acceptors (Lipinski definition) is 5. The summed E-state index contributed by atoms with van der Waals surface area (Å²) in [6, 6.07) is 0. The first kappa shape index (κ1) is 82.0. The minimum absolute atomic E-state index is 0.0928. The highest BCUT2D eigenvalue weighted by Crippen LogP contribution is 2.14. The smallest absolute Gasteiger partial charge is 0.306 e. The van der Waals surface area contributed by atoms with Gasteiger partial charge in [0.15, 0.2) is 6.10 Å². The van der Waals surface area contributed by atoms with Gasteiger partial charge in [-0.2, -0.15) is 0 Å². The highest BCUT2D eigenvalue weighted by atomic mass is 16.6. The molecule has 488 valence electrons. The van der Waals surface area contributed by atoms with Gasteiger partial charge in [0.25, 0.3) is 0 Å². The van der Waals surface area contributed by atoms with E-state index in [-0.39, 0.29) is 25.2 Å². The van der Waals surface area contributed by atoms with Gasteiger partial charge in [0.1, 0.15) is 6.61 Å². The molecule has 0 aliphatic heterocycles. The Morgan fingerprint density at radius 2 is 0.455 bits per heavy atom. The third-order valence-corrected chi connectivity index (χ3v) is 14.0. The number of esters is 2. The summed E-state index contributed by atoms with van der Waals surface area (Å²) in [7, 11) is 0. The van der Waals surface area contributed by atoms with Crippen LogP contribution in [0.15, 0.2) is 231 Å². The average Bonchev–Trinajstić information content (AvgIpc) is 3.56. The Bertz CT molecular complexity index is 2150. The number of hydrogen-bond donors (Lipinski definition) is 1. The van der Waals surface area contributed by atoms with E-state index in [9.17, 15) is 14.7 Å². The fourth-order valence-corrected chi connectivity index (χ4v) is 8.81. The minimum atomic E-state index is -0.803. The van der Waals surface area contributed by atoms with E-state index in [0.717, 1.165) is 186 Å². The highest BCUT2D eigenvalue weighted by molar-refractivity contribution is 5.70. The number of unbranched alkanes of at least 4 members (excludes halogenated alkanes) is 15. The molecule has 0 aromatic heterocycles. The summed E-state index contributed by atoms with van der Waals surface area (Å²) in [5.74, 6) is -0.633. The van der Waals surface area contributed by atoms with E-state index < -0.39 is 6.10 Å². The van der Waals surface area contributed by atoms with E-state index in [2.05, 4.69) is 245 Å². The van der Waals surface area contributed by atoms with Crippen LogP contribution < -0.4 is 0 Å². The van der Waals surface area contributed by atoms with Gasteiger partial charge in [0, 0.05) is 12.8 Å². The topological polar surface area (TPSA) is 72.8 Å². The molecule has 0 heterocycles. The first-order valence-corrected chi connectivity index (χ1v) is 34.9. The number of aliphatic hydroxyl groups excluding tert-OH is 1. The Labute approximate surface area is 541 Å². The summed E-state index contributed by atoms with van der Waals surface area (Å²) in [4.78, 5) is 24.7. The van der Waals surface area contributed by atoms with Gasteiger partial charge in [-0.1, -0.05) is 315 Å². The van der Waals surface area contributed by atoms with Crippen LogP contribution in [0.25, 0.3) is 0 Å². The van der Waals surface area contributed by atoms with Crippen molar-refractivity contribution in [2.75, 3.05) is 13.2 Å². The maximum Gasteiger partial charge on any atom is 0.306 e. The molecule has 1 unspecified atom stereocenters. The maximum absolute atomic E-state index is 12.4. The van der Waals surface area contributed by atoms with Crippen LogP contribution in [0.5, 0.6) is 0 Å². The number of carbonyl (C=O) groups excluding carboxylic acids is 2. The van der Waals surface area contributed by atoms with Crippen LogP contribution >= 0.6 is 0 Å². The van der Waals surface area contributed by atoms with E-state index in [4.69, 9.17) is 9.47 Å². The SMILES string of the molecule is CC/C=C\C/C=C\C/C=C\C/C=C\C/C=C\C/C=C\C/C=C\C/C=C\C/C=C\C/C=C\CCCCCCCCCCCCC(=O)OC(CO)COC(=O)CCCCCCC/C=C\C/C=C\C/C=C\C/C=C\C/C=C\C/C=C\C/C=C\C/C=C\C/C=C\CC. The molecule has 5 heteroatoms. The van der Waals surface area contributed by atoms with Crippen molar-refractivity contribution in [3.8, 4) is 0 Å². The van der Waals surface area contributed by atoms with Gasteiger partial charge in [-0.05, 0) is 161 Å². The number of rotatable bonds is 61. The van der Waals surface area contributed by atoms with E-state index in [1.165, 1.54) is 44.9 Å². The third kappa shape index (κ3) is 72.4. The molecule has 88 heavy (non-hydrogen) atoms. The Kier molecular flexibility index (Phi) is 70.0. The number of ether oxygens (including phenoxy) is 2. The molecule has 0 aliphatic rings. The minimum Gasteiger partial charge on any atom is -0.462 e. The summed E-state index contributed by atoms with van der Waals surface area (Å²) in [6.45, 7) is 3.88. The Morgan fingerprint density at radius 3 is 0.682 bits per heavy atom. The van der Waals surface area contributed by atoms with Crippen molar-refractivity contribution in [3.05, 3.63) is 231 Å². The molecule has 0 aromatic carbocycles. The monoisotopic (exact) mass is 1200 g/mol. The van der Waals surface area contributed by atoms with E-state index in [0.29, 0.717) is 12.8 Å². The molecule has 0 bridgehead atoms. The molecule has 0 aromatic rings. The molecule has 0 amide bonds. The molecule has 0 aliphatic carbocycles. The lowest BCUT2D eigenvalue weighted by molar-refractivity contribution is -0.161. The maximum atomic E-state index is 12.4. The largest absolute Gasteiger partial charge is 0.462 e. The van der Waals surface area contributed by atoms with Crippen molar-refractivity contribution < 1.29 is 24.2 Å². The van der Waals surface area contributed by atoms with Crippen molar-refractivity contribution in [1.82, 2.24) is 0 Å². The second-order valence-electron chi connectivity index (χ2n) is 22.1. The highest BCUT2D eigenvalue weighted by Gasteiger charge is 2.16. The Hall–Kier alpha value is -6.04. The normalized spacial score (nSPS) is 13.7. The molecular weight excluding hydrogens is 1080 g/mol. The Balaban J connectivity index is 3.65. The van der Waals surface area contributed by atoms with E-state index >= 15 is 0 Å². The van der Waals surface area contributed by atoms with Gasteiger partial charge in [0.05, 0.1) is 6.61 Å². The molecule has 0 fully saturated rings. The van der Waals surface area contributed by atoms with Crippen molar-refractivity contribution in [2.24, 2.45) is 0 Å².